The molecule has 0 bridgehead atoms. The zero-order valence-corrected chi connectivity index (χ0v) is 17.1. The Bertz CT molecular complexity index is 835. The monoisotopic (exact) mass is 444 g/mol. The molecule has 3 aliphatic rings. The molecule has 0 unspecified atom stereocenters. The summed E-state index contributed by atoms with van der Waals surface area (Å²) in [4.78, 5) is 12.0. The molecule has 0 radical (unpaired) electrons. The van der Waals surface area contributed by atoms with Crippen LogP contribution in [0.3, 0.4) is 0 Å². The molecule has 1 saturated heterocycles. The first-order valence-electron chi connectivity index (χ1n) is 9.52. The van der Waals surface area contributed by atoms with Gasteiger partial charge in [-0.05, 0) is 48.6 Å². The number of aryl methyl sites for hydroxylation is 1. The molecule has 1 spiro atoms. The summed E-state index contributed by atoms with van der Waals surface area (Å²) in [6.07, 6.45) is 2.43. The van der Waals surface area contributed by atoms with Gasteiger partial charge >= 0.3 is 5.97 Å². The van der Waals surface area contributed by atoms with E-state index in [1.807, 2.05) is 0 Å². The molecule has 1 aromatic rings. The summed E-state index contributed by atoms with van der Waals surface area (Å²) in [6, 6.07) is 2.79. The molecule has 1 aromatic carbocycles. The number of carboxylic acids is 1. The number of aliphatic hydroxyl groups excluding tert-OH is 2. The summed E-state index contributed by atoms with van der Waals surface area (Å²) in [5.41, 5.74) is 1.93. The SMILES string of the molecule is O=C(O)C1=CC2(CC[C@H]1S[C@H]1CCc3cc(F)cc(Cl)c31)O[C@@H](CO)[C@H](CO)O2. The quantitative estimate of drug-likeness (QED) is 0.642. The Kier molecular flexibility index (Phi) is 5.94. The van der Waals surface area contributed by atoms with Crippen LogP contribution in [0.2, 0.25) is 5.02 Å². The summed E-state index contributed by atoms with van der Waals surface area (Å²) in [5.74, 6) is -2.68. The van der Waals surface area contributed by atoms with Crippen molar-refractivity contribution in [3.63, 3.8) is 0 Å². The minimum atomic E-state index is -1.25. The first-order valence-corrected chi connectivity index (χ1v) is 10.8. The third-order valence-corrected chi connectivity index (χ3v) is 7.64. The molecule has 1 fully saturated rings. The van der Waals surface area contributed by atoms with Crippen LogP contribution in [0.1, 0.15) is 35.6 Å². The fourth-order valence-corrected chi connectivity index (χ4v) is 6.45. The summed E-state index contributed by atoms with van der Waals surface area (Å²) in [6.45, 7) is -0.648. The number of fused-ring (bicyclic) bond motifs is 1. The Labute approximate surface area is 176 Å². The summed E-state index contributed by atoms with van der Waals surface area (Å²) >= 11 is 7.79. The van der Waals surface area contributed by atoms with E-state index in [-0.39, 0.29) is 35.1 Å². The van der Waals surface area contributed by atoms with Crippen molar-refractivity contribution in [2.45, 2.75) is 54.2 Å². The molecule has 0 amide bonds. The van der Waals surface area contributed by atoms with Crippen LogP contribution in [0, 0.1) is 5.82 Å². The molecule has 2 aliphatic carbocycles. The molecule has 1 aliphatic heterocycles. The second kappa shape index (κ2) is 8.17. The van der Waals surface area contributed by atoms with E-state index in [0.29, 0.717) is 24.3 Å². The number of hydrogen-bond donors (Lipinski definition) is 3. The normalized spacial score (nSPS) is 30.4. The molecule has 9 heteroatoms. The number of rotatable bonds is 5. The number of carbonyl (C=O) groups is 1. The third-order valence-electron chi connectivity index (χ3n) is 5.71. The number of thioether (sulfide) groups is 1. The van der Waals surface area contributed by atoms with Crippen molar-refractivity contribution in [1.29, 1.82) is 0 Å². The van der Waals surface area contributed by atoms with Crippen molar-refractivity contribution >= 4 is 29.3 Å². The lowest BCUT2D eigenvalue weighted by molar-refractivity contribution is -0.153. The van der Waals surface area contributed by atoms with Gasteiger partial charge < -0.3 is 24.8 Å². The van der Waals surface area contributed by atoms with Crippen LogP contribution in [-0.2, 0) is 20.7 Å². The molecule has 0 aromatic heterocycles. The Balaban J connectivity index is 1.57. The smallest absolute Gasteiger partial charge is 0.332 e. The summed E-state index contributed by atoms with van der Waals surface area (Å²) in [7, 11) is 0. The number of benzene rings is 1. The Morgan fingerprint density at radius 2 is 1.90 bits per heavy atom. The molecule has 0 saturated carbocycles. The molecule has 158 valence electrons. The minimum absolute atomic E-state index is 0.0132. The topological polar surface area (TPSA) is 96.2 Å². The van der Waals surface area contributed by atoms with E-state index in [9.17, 15) is 24.5 Å². The van der Waals surface area contributed by atoms with Crippen LogP contribution >= 0.6 is 23.4 Å². The predicted molar refractivity (Wildman–Crippen MR) is 105 cm³/mol. The van der Waals surface area contributed by atoms with Crippen LogP contribution in [0.25, 0.3) is 0 Å². The van der Waals surface area contributed by atoms with Crippen LogP contribution in [0.15, 0.2) is 23.8 Å². The van der Waals surface area contributed by atoms with Crippen molar-refractivity contribution in [2.75, 3.05) is 13.2 Å². The van der Waals surface area contributed by atoms with Gasteiger partial charge in [0.1, 0.15) is 18.0 Å². The lowest BCUT2D eigenvalue weighted by atomic mass is 9.94. The highest BCUT2D eigenvalue weighted by molar-refractivity contribution is 8.00. The fourth-order valence-electron chi connectivity index (χ4n) is 4.39. The van der Waals surface area contributed by atoms with Gasteiger partial charge in [0.15, 0.2) is 5.79 Å². The van der Waals surface area contributed by atoms with Crippen molar-refractivity contribution in [1.82, 2.24) is 0 Å². The lowest BCUT2D eigenvalue weighted by Crippen LogP contribution is -2.37. The van der Waals surface area contributed by atoms with Crippen molar-refractivity contribution in [3.8, 4) is 0 Å². The maximum atomic E-state index is 13.6. The van der Waals surface area contributed by atoms with Crippen molar-refractivity contribution in [3.05, 3.63) is 45.7 Å². The average molecular weight is 445 g/mol. The number of ether oxygens (including phenoxy) is 2. The minimum Gasteiger partial charge on any atom is -0.478 e. The maximum Gasteiger partial charge on any atom is 0.332 e. The largest absolute Gasteiger partial charge is 0.478 e. The Morgan fingerprint density at radius 1 is 1.21 bits per heavy atom. The third kappa shape index (κ3) is 3.94. The second-order valence-corrected chi connectivity index (χ2v) is 9.36. The van der Waals surface area contributed by atoms with E-state index in [1.165, 1.54) is 30.0 Å². The molecule has 4 atom stereocenters. The van der Waals surface area contributed by atoms with E-state index >= 15 is 0 Å². The second-order valence-electron chi connectivity index (χ2n) is 7.55. The van der Waals surface area contributed by atoms with Gasteiger partial charge in [0, 0.05) is 21.9 Å². The lowest BCUT2D eigenvalue weighted by Gasteiger charge is -2.34. The zero-order chi connectivity index (χ0) is 20.8. The number of halogens is 2. The molecular formula is C20H22ClFO6S. The van der Waals surface area contributed by atoms with E-state index in [2.05, 4.69) is 0 Å². The van der Waals surface area contributed by atoms with E-state index in [4.69, 9.17) is 21.1 Å². The number of carboxylic acid groups (broad SMARTS) is 1. The van der Waals surface area contributed by atoms with Gasteiger partial charge in [0.05, 0.1) is 18.8 Å². The molecular weight excluding hydrogens is 423 g/mol. The standard InChI is InChI=1S/C20H22ClFO6S/c21-13-6-11(22)5-10-1-2-17(18(10)13)29-16-3-4-20(7-12(16)19(25)26)27-14(8-23)15(9-24)28-20/h5-7,14-17,23-24H,1-4,8-9H2,(H,25,26)/t14-,15-,16+,17-/m0/s1. The number of aliphatic carboxylic acids is 1. The first-order chi connectivity index (χ1) is 13.9. The van der Waals surface area contributed by atoms with Gasteiger partial charge in [0.2, 0.25) is 0 Å². The Morgan fingerprint density at radius 3 is 2.52 bits per heavy atom. The highest BCUT2D eigenvalue weighted by atomic mass is 35.5. The van der Waals surface area contributed by atoms with Crippen molar-refractivity contribution < 1.29 is 34.0 Å². The average Bonchev–Trinajstić information content (AvgIpc) is 3.24. The van der Waals surface area contributed by atoms with Gasteiger partial charge in [-0.3, -0.25) is 0 Å². The number of aliphatic hydroxyl groups is 2. The van der Waals surface area contributed by atoms with Crippen LogP contribution in [0.4, 0.5) is 4.39 Å². The summed E-state index contributed by atoms with van der Waals surface area (Å²) < 4.78 is 25.2. The number of hydrogen-bond acceptors (Lipinski definition) is 6. The summed E-state index contributed by atoms with van der Waals surface area (Å²) in [5, 5.41) is 28.7. The van der Waals surface area contributed by atoms with Crippen LogP contribution in [0.5, 0.6) is 0 Å². The van der Waals surface area contributed by atoms with Gasteiger partial charge in [0.25, 0.3) is 0 Å². The van der Waals surface area contributed by atoms with E-state index in [1.54, 1.807) is 0 Å². The van der Waals surface area contributed by atoms with Gasteiger partial charge in [-0.1, -0.05) is 11.6 Å². The van der Waals surface area contributed by atoms with Crippen molar-refractivity contribution in [2.24, 2.45) is 0 Å². The van der Waals surface area contributed by atoms with E-state index in [0.717, 1.165) is 17.5 Å². The van der Waals surface area contributed by atoms with Gasteiger partial charge in [-0.15, -0.1) is 11.8 Å². The molecule has 3 N–H and O–H groups in total. The highest BCUT2D eigenvalue weighted by Gasteiger charge is 2.49. The fraction of sp³-hybridized carbons (Fsp3) is 0.550. The molecule has 6 nitrogen and oxygen atoms in total. The maximum absolute atomic E-state index is 13.6. The highest BCUT2D eigenvalue weighted by Crippen LogP contribution is 2.51. The van der Waals surface area contributed by atoms with E-state index < -0.39 is 24.0 Å². The van der Waals surface area contributed by atoms with Crippen LogP contribution < -0.4 is 0 Å². The predicted octanol–water partition coefficient (Wildman–Crippen LogP) is 2.84. The van der Waals surface area contributed by atoms with Gasteiger partial charge in [-0.25, -0.2) is 9.18 Å². The Hall–Kier alpha value is -1.16. The van der Waals surface area contributed by atoms with Gasteiger partial charge in [-0.2, -0.15) is 0 Å². The zero-order valence-electron chi connectivity index (χ0n) is 15.5. The van der Waals surface area contributed by atoms with Crippen LogP contribution in [-0.4, -0.2) is 57.7 Å². The molecule has 29 heavy (non-hydrogen) atoms. The first kappa shape index (κ1) is 21.1. The molecule has 1 heterocycles. The molecule has 4 rings (SSSR count).